The number of benzene rings is 1. The lowest BCUT2D eigenvalue weighted by atomic mass is 10.2. The fraction of sp³-hybridized carbons (Fsp3) is 0.100. The van der Waals surface area contributed by atoms with Gasteiger partial charge < -0.3 is 15.2 Å². The van der Waals surface area contributed by atoms with Crippen LogP contribution < -0.4 is 0 Å². The molecule has 1 heterocycles. The van der Waals surface area contributed by atoms with Gasteiger partial charge in [0.05, 0.1) is 0 Å². The van der Waals surface area contributed by atoms with Crippen molar-refractivity contribution in [1.82, 2.24) is 4.98 Å². The molecule has 0 aliphatic heterocycles. The predicted octanol–water partition coefficient (Wildman–Crippen LogP) is 2.57. The van der Waals surface area contributed by atoms with Crippen molar-refractivity contribution in [3.63, 3.8) is 0 Å². The second kappa shape index (κ2) is 5.01. The lowest BCUT2D eigenvalue weighted by molar-refractivity contribution is -0.134. The number of H-pyrrole nitrogens is 1. The Balaban J connectivity index is 0.000000245. The minimum Gasteiger partial charge on any atom is -0.506 e. The number of rotatable bonds is 0. The third-order valence-corrected chi connectivity index (χ3v) is 2.29. The molecule has 0 spiro atoms. The highest BCUT2D eigenvalue weighted by molar-refractivity contribution is 14.1. The van der Waals surface area contributed by atoms with E-state index in [2.05, 4.69) is 27.6 Å². The van der Waals surface area contributed by atoms with Crippen LogP contribution in [0.1, 0.15) is 6.92 Å². The molecular weight excluding hydrogens is 309 g/mol. The lowest BCUT2D eigenvalue weighted by Crippen LogP contribution is -1.78. The molecule has 0 unspecified atom stereocenters. The average molecular weight is 319 g/mol. The number of halogens is 1. The molecule has 0 atom stereocenters. The second-order valence-electron chi connectivity index (χ2n) is 2.88. The molecule has 0 saturated carbocycles. The average Bonchev–Trinajstić information content (AvgIpc) is 2.47. The number of hydrogen-bond donors (Lipinski definition) is 3. The van der Waals surface area contributed by atoms with Crippen molar-refractivity contribution in [3.8, 4) is 5.75 Å². The Morgan fingerprint density at radius 1 is 1.47 bits per heavy atom. The highest BCUT2D eigenvalue weighted by Crippen LogP contribution is 2.25. The molecule has 2 rings (SSSR count). The van der Waals surface area contributed by atoms with Gasteiger partial charge in [-0.1, -0.05) is 0 Å². The number of nitrogens with one attached hydrogen (secondary N) is 1. The predicted molar refractivity (Wildman–Crippen MR) is 66.0 cm³/mol. The summed E-state index contributed by atoms with van der Waals surface area (Å²) in [5, 5.41) is 17.6. The molecule has 2 aromatic rings. The van der Waals surface area contributed by atoms with Gasteiger partial charge in [0.1, 0.15) is 5.75 Å². The Hall–Kier alpha value is -1.24. The summed E-state index contributed by atoms with van der Waals surface area (Å²) in [5.41, 5.74) is 0.975. The fourth-order valence-electron chi connectivity index (χ4n) is 1.08. The molecule has 0 aliphatic carbocycles. The molecule has 0 fully saturated rings. The molecule has 1 aromatic heterocycles. The van der Waals surface area contributed by atoms with Gasteiger partial charge in [0.2, 0.25) is 0 Å². The van der Waals surface area contributed by atoms with E-state index in [4.69, 9.17) is 9.90 Å². The SMILES string of the molecule is CC(=O)O.Oc1c[nH]c2ccc(I)cc12. The first-order valence-electron chi connectivity index (χ1n) is 4.16. The third-order valence-electron chi connectivity index (χ3n) is 1.62. The first-order chi connectivity index (χ1) is 7.00. The molecular formula is C10H10INO3. The summed E-state index contributed by atoms with van der Waals surface area (Å²) >= 11 is 2.22. The number of carbonyl (C=O) groups is 1. The van der Waals surface area contributed by atoms with Crippen LogP contribution in [0.2, 0.25) is 0 Å². The Bertz CT molecular complexity index is 474. The van der Waals surface area contributed by atoms with Crippen LogP contribution in [-0.2, 0) is 4.79 Å². The van der Waals surface area contributed by atoms with Crippen LogP contribution >= 0.6 is 22.6 Å². The molecule has 15 heavy (non-hydrogen) atoms. The van der Waals surface area contributed by atoms with Crippen molar-refractivity contribution in [2.75, 3.05) is 0 Å². The maximum Gasteiger partial charge on any atom is 0.300 e. The van der Waals surface area contributed by atoms with Crippen LogP contribution in [0.15, 0.2) is 24.4 Å². The number of fused-ring (bicyclic) bond motifs is 1. The van der Waals surface area contributed by atoms with E-state index in [1.807, 2.05) is 18.2 Å². The van der Waals surface area contributed by atoms with Crippen LogP contribution in [0.4, 0.5) is 0 Å². The van der Waals surface area contributed by atoms with Crippen molar-refractivity contribution in [2.45, 2.75) is 6.92 Å². The zero-order valence-corrected chi connectivity index (χ0v) is 10.1. The van der Waals surface area contributed by atoms with Gasteiger partial charge in [-0.2, -0.15) is 0 Å². The van der Waals surface area contributed by atoms with Crippen LogP contribution in [0.5, 0.6) is 5.75 Å². The molecule has 3 N–H and O–H groups in total. The quantitative estimate of drug-likeness (QED) is 0.654. The molecule has 1 aromatic carbocycles. The Morgan fingerprint density at radius 3 is 2.67 bits per heavy atom. The van der Waals surface area contributed by atoms with E-state index in [1.165, 1.54) is 0 Å². The van der Waals surface area contributed by atoms with Crippen molar-refractivity contribution in [2.24, 2.45) is 0 Å². The van der Waals surface area contributed by atoms with Crippen molar-refractivity contribution in [1.29, 1.82) is 0 Å². The first-order valence-corrected chi connectivity index (χ1v) is 5.23. The maximum absolute atomic E-state index is 9.30. The molecule has 0 bridgehead atoms. The van der Waals surface area contributed by atoms with E-state index in [1.54, 1.807) is 6.20 Å². The number of aromatic amines is 1. The smallest absolute Gasteiger partial charge is 0.300 e. The van der Waals surface area contributed by atoms with Gasteiger partial charge in [-0.3, -0.25) is 4.79 Å². The van der Waals surface area contributed by atoms with E-state index in [0.29, 0.717) is 5.75 Å². The van der Waals surface area contributed by atoms with Crippen LogP contribution in [0.25, 0.3) is 10.9 Å². The van der Waals surface area contributed by atoms with E-state index >= 15 is 0 Å². The number of carboxylic acids is 1. The lowest BCUT2D eigenvalue weighted by Gasteiger charge is -1.90. The maximum atomic E-state index is 9.30. The topological polar surface area (TPSA) is 73.3 Å². The van der Waals surface area contributed by atoms with Gasteiger partial charge in [0.25, 0.3) is 5.97 Å². The van der Waals surface area contributed by atoms with Crippen LogP contribution in [-0.4, -0.2) is 21.2 Å². The summed E-state index contributed by atoms with van der Waals surface area (Å²) in [7, 11) is 0. The van der Waals surface area contributed by atoms with E-state index in [9.17, 15) is 5.11 Å². The zero-order valence-electron chi connectivity index (χ0n) is 7.99. The molecule has 4 nitrogen and oxygen atoms in total. The largest absolute Gasteiger partial charge is 0.506 e. The van der Waals surface area contributed by atoms with Crippen molar-refractivity contribution < 1.29 is 15.0 Å². The fourth-order valence-corrected chi connectivity index (χ4v) is 1.57. The minimum atomic E-state index is -0.833. The Labute approximate surface area is 100 Å². The molecule has 0 radical (unpaired) electrons. The molecule has 5 heteroatoms. The molecule has 0 aliphatic rings. The summed E-state index contributed by atoms with van der Waals surface area (Å²) < 4.78 is 1.13. The number of aliphatic carboxylic acids is 1. The first kappa shape index (κ1) is 11.8. The van der Waals surface area contributed by atoms with Gasteiger partial charge in [-0.25, -0.2) is 0 Å². The van der Waals surface area contributed by atoms with Crippen molar-refractivity contribution in [3.05, 3.63) is 28.0 Å². The summed E-state index contributed by atoms with van der Waals surface area (Å²) in [6, 6.07) is 5.90. The monoisotopic (exact) mass is 319 g/mol. The van der Waals surface area contributed by atoms with E-state index < -0.39 is 5.97 Å². The van der Waals surface area contributed by atoms with E-state index in [0.717, 1.165) is 21.4 Å². The Morgan fingerprint density at radius 2 is 2.07 bits per heavy atom. The summed E-state index contributed by atoms with van der Waals surface area (Å²) in [4.78, 5) is 12.0. The Kier molecular flexibility index (Phi) is 3.96. The van der Waals surface area contributed by atoms with Crippen LogP contribution in [0, 0.1) is 3.57 Å². The highest BCUT2D eigenvalue weighted by Gasteiger charge is 2.00. The van der Waals surface area contributed by atoms with Gasteiger partial charge in [-0.05, 0) is 40.8 Å². The van der Waals surface area contributed by atoms with Gasteiger partial charge in [0, 0.05) is 27.6 Å². The van der Waals surface area contributed by atoms with Crippen LogP contribution in [0.3, 0.4) is 0 Å². The van der Waals surface area contributed by atoms with Gasteiger partial charge in [0.15, 0.2) is 0 Å². The molecule has 0 amide bonds. The summed E-state index contributed by atoms with van der Waals surface area (Å²) in [6.07, 6.45) is 1.60. The molecule has 0 saturated heterocycles. The van der Waals surface area contributed by atoms with E-state index in [-0.39, 0.29) is 0 Å². The van der Waals surface area contributed by atoms with Crippen molar-refractivity contribution >= 4 is 39.5 Å². The zero-order chi connectivity index (χ0) is 11.4. The normalized spacial score (nSPS) is 9.47. The highest BCUT2D eigenvalue weighted by atomic mass is 127. The number of aromatic hydroxyl groups is 1. The third kappa shape index (κ3) is 3.43. The van der Waals surface area contributed by atoms with Gasteiger partial charge in [-0.15, -0.1) is 0 Å². The number of carboxylic acid groups (broad SMARTS) is 1. The standard InChI is InChI=1S/C8H6INO.C2H4O2/c9-5-1-2-7-6(3-5)8(11)4-10-7;1-2(3)4/h1-4,10-11H;1H3,(H,3,4). The minimum absolute atomic E-state index is 0.318. The molecule has 80 valence electrons. The number of aromatic nitrogens is 1. The second-order valence-corrected chi connectivity index (χ2v) is 4.13. The van der Waals surface area contributed by atoms with Gasteiger partial charge >= 0.3 is 0 Å². The number of hydrogen-bond acceptors (Lipinski definition) is 2. The summed E-state index contributed by atoms with van der Waals surface area (Å²) in [6.45, 7) is 1.08. The summed E-state index contributed by atoms with van der Waals surface area (Å²) in [5.74, 6) is -0.515.